The molecule has 1 nitrogen and oxygen atoms in total. The van der Waals surface area contributed by atoms with E-state index in [1.54, 1.807) is 0 Å². The monoisotopic (exact) mass is 484 g/mol. The van der Waals surface area contributed by atoms with Crippen molar-refractivity contribution in [2.24, 2.45) is 0 Å². The maximum atomic E-state index is 2.30. The predicted molar refractivity (Wildman–Crippen MR) is 160 cm³/mol. The lowest BCUT2D eigenvalue weighted by Gasteiger charge is -2.37. The van der Waals surface area contributed by atoms with Crippen molar-refractivity contribution in [1.82, 2.24) is 4.48 Å². The third-order valence-electron chi connectivity index (χ3n) is 7.69. The Balaban J connectivity index is 1.45. The average molecular weight is 485 g/mol. The number of nitrogens with zero attached hydrogens (tertiary/aromatic N) is 1. The van der Waals surface area contributed by atoms with Crippen LogP contribution in [0.5, 0.6) is 0 Å². The van der Waals surface area contributed by atoms with Gasteiger partial charge in [-0.2, -0.15) is 0 Å². The summed E-state index contributed by atoms with van der Waals surface area (Å²) in [4.78, 5) is 0. The molecular formula is C35H50N+. The van der Waals surface area contributed by atoms with Crippen LogP contribution in [0.2, 0.25) is 0 Å². The fraction of sp³-hybridized carbons (Fsp3) is 0.486. The van der Waals surface area contributed by atoms with E-state index in [-0.39, 0.29) is 0 Å². The zero-order valence-electron chi connectivity index (χ0n) is 22.9. The molecule has 0 amide bonds. The minimum Gasteiger partial charge on any atom is -0.227 e. The molecule has 3 aromatic carbocycles. The summed E-state index contributed by atoms with van der Waals surface area (Å²) in [5.41, 5.74) is 4.04. The van der Waals surface area contributed by atoms with Crippen LogP contribution in [0.4, 0.5) is 17.1 Å². The quantitative estimate of drug-likeness (QED) is 0.117. The van der Waals surface area contributed by atoms with Gasteiger partial charge in [-0.15, -0.1) is 0 Å². The maximum absolute atomic E-state index is 2.30. The van der Waals surface area contributed by atoms with Crippen LogP contribution in [-0.4, -0.2) is 6.54 Å². The summed E-state index contributed by atoms with van der Waals surface area (Å²) in [6.45, 7) is 3.39. The Bertz CT molecular complexity index is 806. The summed E-state index contributed by atoms with van der Waals surface area (Å²) >= 11 is 0. The van der Waals surface area contributed by atoms with E-state index in [9.17, 15) is 0 Å². The first-order chi connectivity index (χ1) is 17.9. The summed E-state index contributed by atoms with van der Waals surface area (Å²) in [6, 6.07) is 33.2. The van der Waals surface area contributed by atoms with Gasteiger partial charge in [0.05, 0.1) is 6.54 Å². The SMILES string of the molecule is CCCCCCCCCCCCCCCCC[N+](c1ccccc1)(c1ccccc1)c1ccccc1. The molecule has 0 fully saturated rings. The molecule has 0 radical (unpaired) electrons. The van der Waals surface area contributed by atoms with Gasteiger partial charge in [-0.1, -0.05) is 145 Å². The molecule has 1 heteroatoms. The lowest BCUT2D eigenvalue weighted by atomic mass is 10.0. The molecule has 3 rings (SSSR count). The van der Waals surface area contributed by atoms with Crippen molar-refractivity contribution in [3.63, 3.8) is 0 Å². The second kappa shape index (κ2) is 17.1. The molecule has 0 aromatic heterocycles. The lowest BCUT2D eigenvalue weighted by Crippen LogP contribution is -2.39. The van der Waals surface area contributed by atoms with Gasteiger partial charge in [0.2, 0.25) is 0 Å². The van der Waals surface area contributed by atoms with Crippen LogP contribution >= 0.6 is 0 Å². The largest absolute Gasteiger partial charge is 0.227 e. The molecule has 0 aliphatic rings. The van der Waals surface area contributed by atoms with Gasteiger partial charge in [-0.3, -0.25) is 0 Å². The Morgan fingerprint density at radius 2 is 0.639 bits per heavy atom. The van der Waals surface area contributed by atoms with Gasteiger partial charge in [0.25, 0.3) is 0 Å². The Kier molecular flexibility index (Phi) is 13.4. The molecule has 0 aliphatic heterocycles. The molecule has 194 valence electrons. The number of quaternary nitrogens is 1. The second-order valence-corrected chi connectivity index (χ2v) is 10.5. The van der Waals surface area contributed by atoms with Gasteiger partial charge < -0.3 is 0 Å². The fourth-order valence-electron chi connectivity index (χ4n) is 5.60. The number of hydrogen-bond acceptors (Lipinski definition) is 0. The third-order valence-corrected chi connectivity index (χ3v) is 7.69. The van der Waals surface area contributed by atoms with Gasteiger partial charge in [-0.25, -0.2) is 4.48 Å². The molecule has 0 atom stereocenters. The van der Waals surface area contributed by atoms with Gasteiger partial charge in [-0.05, 0) is 49.2 Å². The Morgan fingerprint density at radius 3 is 0.944 bits per heavy atom. The van der Waals surface area contributed by atoms with Crippen LogP contribution in [-0.2, 0) is 0 Å². The molecule has 0 saturated heterocycles. The number of unbranched alkanes of at least 4 members (excludes halogenated alkanes) is 14. The normalized spacial score (nSPS) is 11.6. The van der Waals surface area contributed by atoms with Crippen LogP contribution in [0, 0.1) is 0 Å². The van der Waals surface area contributed by atoms with Crippen molar-refractivity contribution in [3.05, 3.63) is 91.0 Å². The smallest absolute Gasteiger partial charge is 0.143 e. The van der Waals surface area contributed by atoms with Crippen molar-refractivity contribution in [3.8, 4) is 0 Å². The molecule has 3 aromatic rings. The maximum Gasteiger partial charge on any atom is 0.143 e. The molecule has 0 spiro atoms. The summed E-state index contributed by atoms with van der Waals surface area (Å²) in [7, 11) is 0. The first-order valence-electron chi connectivity index (χ1n) is 14.9. The van der Waals surface area contributed by atoms with Gasteiger partial charge in [0.15, 0.2) is 0 Å². The number of rotatable bonds is 19. The van der Waals surface area contributed by atoms with Crippen LogP contribution < -0.4 is 4.48 Å². The van der Waals surface area contributed by atoms with Crippen molar-refractivity contribution >= 4 is 17.1 Å². The highest BCUT2D eigenvalue weighted by molar-refractivity contribution is 5.70. The molecular weight excluding hydrogens is 434 g/mol. The summed E-state index contributed by atoms with van der Waals surface area (Å²) < 4.78 is 0.793. The highest BCUT2D eigenvalue weighted by Crippen LogP contribution is 2.43. The van der Waals surface area contributed by atoms with Crippen LogP contribution in [0.1, 0.15) is 103 Å². The topological polar surface area (TPSA) is 0 Å². The molecule has 0 saturated carbocycles. The zero-order valence-corrected chi connectivity index (χ0v) is 22.9. The van der Waals surface area contributed by atoms with E-state index in [0.717, 1.165) is 11.0 Å². The van der Waals surface area contributed by atoms with Crippen molar-refractivity contribution in [2.45, 2.75) is 103 Å². The van der Waals surface area contributed by atoms with E-state index in [1.165, 1.54) is 113 Å². The Morgan fingerprint density at radius 1 is 0.361 bits per heavy atom. The highest BCUT2D eigenvalue weighted by Gasteiger charge is 2.35. The standard InChI is InChI=1S/C35H50N/c1-2-3-4-5-6-7-8-9-10-11-12-13-14-15-25-32-36(33-26-19-16-20-27-33,34-28-21-17-22-29-34)35-30-23-18-24-31-35/h16-24,26-31H,2-15,25,32H2,1H3/q+1. The van der Waals surface area contributed by atoms with Crippen LogP contribution in [0.15, 0.2) is 91.0 Å². The second-order valence-electron chi connectivity index (χ2n) is 10.5. The Labute approximate surface area is 222 Å². The van der Waals surface area contributed by atoms with Gasteiger partial charge >= 0.3 is 0 Å². The molecule has 0 bridgehead atoms. The van der Waals surface area contributed by atoms with Gasteiger partial charge in [0, 0.05) is 0 Å². The number of para-hydroxylation sites is 3. The van der Waals surface area contributed by atoms with Crippen molar-refractivity contribution in [1.29, 1.82) is 0 Å². The predicted octanol–water partition coefficient (Wildman–Crippen LogP) is 11.5. The van der Waals surface area contributed by atoms with Crippen LogP contribution in [0.3, 0.4) is 0 Å². The lowest BCUT2D eigenvalue weighted by molar-refractivity contribution is 0.472. The van der Waals surface area contributed by atoms with E-state index in [0.29, 0.717) is 0 Å². The minimum atomic E-state index is 0.793. The molecule has 0 heterocycles. The third kappa shape index (κ3) is 8.93. The zero-order chi connectivity index (χ0) is 25.2. The van der Waals surface area contributed by atoms with Crippen LogP contribution in [0.25, 0.3) is 0 Å². The first-order valence-corrected chi connectivity index (χ1v) is 14.9. The Hall–Kier alpha value is -2.38. The van der Waals surface area contributed by atoms with E-state index in [2.05, 4.69) is 97.9 Å². The van der Waals surface area contributed by atoms with Crippen molar-refractivity contribution < 1.29 is 0 Å². The summed E-state index contributed by atoms with van der Waals surface area (Å²) in [5, 5.41) is 0. The highest BCUT2D eigenvalue weighted by atomic mass is 15.4. The van der Waals surface area contributed by atoms with E-state index in [4.69, 9.17) is 0 Å². The van der Waals surface area contributed by atoms with Gasteiger partial charge in [0.1, 0.15) is 17.1 Å². The molecule has 36 heavy (non-hydrogen) atoms. The average Bonchev–Trinajstić information content (AvgIpc) is 2.94. The molecule has 0 unspecified atom stereocenters. The molecule has 0 aliphatic carbocycles. The summed E-state index contributed by atoms with van der Waals surface area (Å²) in [6.07, 6.45) is 21.0. The van der Waals surface area contributed by atoms with Crippen molar-refractivity contribution in [2.75, 3.05) is 6.54 Å². The summed E-state index contributed by atoms with van der Waals surface area (Å²) in [5.74, 6) is 0. The minimum absolute atomic E-state index is 0.793. The fourth-order valence-corrected chi connectivity index (χ4v) is 5.60. The van der Waals surface area contributed by atoms with E-state index >= 15 is 0 Å². The van der Waals surface area contributed by atoms with E-state index < -0.39 is 0 Å². The first kappa shape index (κ1) is 28.2. The van der Waals surface area contributed by atoms with E-state index in [1.807, 2.05) is 0 Å². The number of benzene rings is 3. The molecule has 0 N–H and O–H groups in total. The number of hydrogen-bond donors (Lipinski definition) is 0.